The van der Waals surface area contributed by atoms with Crippen molar-refractivity contribution in [2.75, 3.05) is 37.9 Å². The zero-order valence-electron chi connectivity index (χ0n) is 18.5. The van der Waals surface area contributed by atoms with E-state index >= 15 is 0 Å². The van der Waals surface area contributed by atoms with Gasteiger partial charge < -0.3 is 14.4 Å². The predicted molar refractivity (Wildman–Crippen MR) is 120 cm³/mol. The van der Waals surface area contributed by atoms with Crippen LogP contribution in [0.3, 0.4) is 0 Å². The Morgan fingerprint density at radius 2 is 2.13 bits per heavy atom. The lowest BCUT2D eigenvalue weighted by Gasteiger charge is -2.33. The van der Waals surface area contributed by atoms with Gasteiger partial charge in [0.2, 0.25) is 12.7 Å². The summed E-state index contributed by atoms with van der Waals surface area (Å²) < 4.78 is 10.9. The molecular weight excluding hydrogens is 392 g/mol. The van der Waals surface area contributed by atoms with Crippen molar-refractivity contribution < 1.29 is 9.47 Å². The van der Waals surface area contributed by atoms with Crippen molar-refractivity contribution in [2.24, 2.45) is 11.8 Å². The van der Waals surface area contributed by atoms with Gasteiger partial charge in [-0.1, -0.05) is 19.9 Å². The monoisotopic (exact) mass is 424 g/mol. The number of anilines is 1. The molecule has 7 heteroatoms. The first-order valence-corrected chi connectivity index (χ1v) is 11.5. The molecule has 166 valence electrons. The van der Waals surface area contributed by atoms with E-state index in [1.807, 2.05) is 6.07 Å². The fourth-order valence-electron chi connectivity index (χ4n) is 5.14. The molecule has 2 atom stereocenters. The van der Waals surface area contributed by atoms with Gasteiger partial charge in [0.1, 0.15) is 0 Å². The van der Waals surface area contributed by atoms with E-state index in [0.29, 0.717) is 18.6 Å². The van der Waals surface area contributed by atoms with Crippen molar-refractivity contribution >= 4 is 5.95 Å². The number of nitrogens with zero attached hydrogens (tertiary/aromatic N) is 3. The molecule has 4 heterocycles. The molecule has 0 amide bonds. The summed E-state index contributed by atoms with van der Waals surface area (Å²) in [5, 5.41) is 0. The maximum absolute atomic E-state index is 12.7. The highest BCUT2D eigenvalue weighted by molar-refractivity contribution is 5.44. The molecule has 1 aromatic carbocycles. The SMILES string of the molecule is C[C@@H]1CCCN(c2nc3c(c(=O)[nH]2)CCN(C[C@@H](C)Cc2ccc4c(c2)OCO4)C3)C1. The number of hydrogen-bond acceptors (Lipinski definition) is 6. The number of rotatable bonds is 5. The van der Waals surface area contributed by atoms with E-state index in [9.17, 15) is 4.79 Å². The van der Waals surface area contributed by atoms with Gasteiger partial charge in [-0.25, -0.2) is 4.98 Å². The molecule has 1 fully saturated rings. The lowest BCUT2D eigenvalue weighted by atomic mass is 9.98. The van der Waals surface area contributed by atoms with Crippen molar-refractivity contribution in [1.29, 1.82) is 0 Å². The minimum atomic E-state index is 0.0475. The molecule has 0 spiro atoms. The third kappa shape index (κ3) is 4.42. The molecule has 1 aromatic heterocycles. The second-order valence-electron chi connectivity index (χ2n) is 9.49. The summed E-state index contributed by atoms with van der Waals surface area (Å²) in [7, 11) is 0. The first-order chi connectivity index (χ1) is 15.0. The molecule has 0 unspecified atom stereocenters. The minimum Gasteiger partial charge on any atom is -0.454 e. The van der Waals surface area contributed by atoms with Gasteiger partial charge in [0.05, 0.1) is 5.69 Å². The van der Waals surface area contributed by atoms with Gasteiger partial charge in [-0.15, -0.1) is 0 Å². The molecule has 0 radical (unpaired) electrons. The fourth-order valence-corrected chi connectivity index (χ4v) is 5.14. The molecule has 1 N–H and O–H groups in total. The van der Waals surface area contributed by atoms with Crippen LogP contribution in [0, 0.1) is 11.8 Å². The standard InChI is InChI=1S/C24H32N4O3/c1-16-4-3-8-28(13-16)24-25-20-14-27(9-7-19(20)23(29)26-24)12-17(2)10-18-5-6-21-22(11-18)31-15-30-21/h5-6,11,16-17H,3-4,7-10,12-15H2,1-2H3,(H,25,26,29)/t16-,17+/m1/s1. The number of fused-ring (bicyclic) bond motifs is 2. The summed E-state index contributed by atoms with van der Waals surface area (Å²) in [6, 6.07) is 6.22. The number of nitrogens with one attached hydrogen (secondary N) is 1. The second kappa shape index (κ2) is 8.54. The van der Waals surface area contributed by atoms with E-state index in [0.717, 1.165) is 80.7 Å². The Morgan fingerprint density at radius 1 is 1.26 bits per heavy atom. The molecule has 3 aliphatic heterocycles. The van der Waals surface area contributed by atoms with Crippen LogP contribution in [0.2, 0.25) is 0 Å². The summed E-state index contributed by atoms with van der Waals surface area (Å²) in [4.78, 5) is 25.4. The highest BCUT2D eigenvalue weighted by Gasteiger charge is 2.25. The zero-order valence-corrected chi connectivity index (χ0v) is 18.5. The summed E-state index contributed by atoms with van der Waals surface area (Å²) in [6.07, 6.45) is 4.16. The highest BCUT2D eigenvalue weighted by atomic mass is 16.7. The molecule has 2 aromatic rings. The molecule has 0 saturated carbocycles. The van der Waals surface area contributed by atoms with E-state index in [1.165, 1.54) is 12.0 Å². The third-order valence-corrected chi connectivity index (χ3v) is 6.69. The van der Waals surface area contributed by atoms with Gasteiger partial charge in [-0.3, -0.25) is 14.7 Å². The average Bonchev–Trinajstić information content (AvgIpc) is 3.21. The zero-order chi connectivity index (χ0) is 21.4. The van der Waals surface area contributed by atoms with E-state index in [1.54, 1.807) is 0 Å². The maximum atomic E-state index is 12.7. The molecule has 0 bridgehead atoms. The van der Waals surface area contributed by atoms with E-state index in [2.05, 4.69) is 40.8 Å². The summed E-state index contributed by atoms with van der Waals surface area (Å²) in [6.45, 7) is 9.45. The first-order valence-electron chi connectivity index (χ1n) is 11.5. The first kappa shape index (κ1) is 20.4. The van der Waals surface area contributed by atoms with Gasteiger partial charge in [-0.05, 0) is 55.2 Å². The molecule has 5 rings (SSSR count). The van der Waals surface area contributed by atoms with Gasteiger partial charge in [-0.2, -0.15) is 0 Å². The normalized spacial score (nSPS) is 21.7. The lowest BCUT2D eigenvalue weighted by molar-refractivity contribution is 0.174. The summed E-state index contributed by atoms with van der Waals surface area (Å²) in [5.74, 6) is 3.57. The number of aromatic amines is 1. The Labute approximate surface area is 183 Å². The van der Waals surface area contributed by atoms with Crippen molar-refractivity contribution in [3.63, 3.8) is 0 Å². The van der Waals surface area contributed by atoms with Crippen LogP contribution in [-0.4, -0.2) is 47.8 Å². The van der Waals surface area contributed by atoms with Crippen LogP contribution in [0.5, 0.6) is 11.5 Å². The van der Waals surface area contributed by atoms with Gasteiger partial charge in [0.25, 0.3) is 5.56 Å². The average molecular weight is 425 g/mol. The molecule has 1 saturated heterocycles. The van der Waals surface area contributed by atoms with E-state index < -0.39 is 0 Å². The van der Waals surface area contributed by atoms with Crippen LogP contribution in [-0.2, 0) is 19.4 Å². The number of aromatic nitrogens is 2. The number of hydrogen-bond donors (Lipinski definition) is 1. The third-order valence-electron chi connectivity index (χ3n) is 6.69. The van der Waals surface area contributed by atoms with E-state index in [4.69, 9.17) is 14.5 Å². The Bertz CT molecular complexity index is 1000. The van der Waals surface area contributed by atoms with Crippen molar-refractivity contribution in [3.05, 3.63) is 45.4 Å². The van der Waals surface area contributed by atoms with Gasteiger partial charge >= 0.3 is 0 Å². The Balaban J connectivity index is 1.25. The van der Waals surface area contributed by atoms with Crippen molar-refractivity contribution in [1.82, 2.24) is 14.9 Å². The topological polar surface area (TPSA) is 70.7 Å². The number of H-pyrrole nitrogens is 1. The maximum Gasteiger partial charge on any atom is 0.255 e. The molecule has 31 heavy (non-hydrogen) atoms. The molecule has 3 aliphatic rings. The van der Waals surface area contributed by atoms with Gasteiger partial charge in [0.15, 0.2) is 11.5 Å². The number of ether oxygens (including phenoxy) is 2. The molecule has 0 aliphatic carbocycles. The number of piperidine rings is 1. The Kier molecular flexibility index (Phi) is 5.61. The summed E-state index contributed by atoms with van der Waals surface area (Å²) >= 11 is 0. The van der Waals surface area contributed by atoms with Crippen LogP contribution >= 0.6 is 0 Å². The number of benzene rings is 1. The second-order valence-corrected chi connectivity index (χ2v) is 9.49. The highest BCUT2D eigenvalue weighted by Crippen LogP contribution is 2.33. The largest absolute Gasteiger partial charge is 0.454 e. The van der Waals surface area contributed by atoms with Crippen LogP contribution < -0.4 is 19.9 Å². The quantitative estimate of drug-likeness (QED) is 0.796. The van der Waals surface area contributed by atoms with E-state index in [-0.39, 0.29) is 5.56 Å². The Morgan fingerprint density at radius 3 is 3.00 bits per heavy atom. The summed E-state index contributed by atoms with van der Waals surface area (Å²) in [5.41, 5.74) is 3.14. The van der Waals surface area contributed by atoms with Crippen LogP contribution in [0.15, 0.2) is 23.0 Å². The Hall–Kier alpha value is -2.54. The van der Waals surface area contributed by atoms with Crippen molar-refractivity contribution in [3.8, 4) is 11.5 Å². The minimum absolute atomic E-state index is 0.0475. The molecule has 7 nitrogen and oxygen atoms in total. The fraction of sp³-hybridized carbons (Fsp3) is 0.583. The van der Waals surface area contributed by atoms with Crippen LogP contribution in [0.25, 0.3) is 0 Å². The smallest absolute Gasteiger partial charge is 0.255 e. The van der Waals surface area contributed by atoms with Crippen LogP contribution in [0.4, 0.5) is 5.95 Å². The predicted octanol–water partition coefficient (Wildman–Crippen LogP) is 2.97. The lowest BCUT2D eigenvalue weighted by Crippen LogP contribution is -2.40. The van der Waals surface area contributed by atoms with Gasteiger partial charge in [0, 0.05) is 38.3 Å². The van der Waals surface area contributed by atoms with Crippen LogP contribution in [0.1, 0.15) is 43.5 Å². The molecular formula is C24H32N4O3. The van der Waals surface area contributed by atoms with Crippen molar-refractivity contribution in [2.45, 2.75) is 46.1 Å².